The average Bonchev–Trinajstić information content (AvgIpc) is 2.35. The van der Waals surface area contributed by atoms with E-state index in [9.17, 15) is 4.79 Å². The SMILES string of the molecule is Nc1cccnc1NC(=O)Cc1ccc(Br)cc1. The van der Waals surface area contributed by atoms with Gasteiger partial charge in [0.2, 0.25) is 5.91 Å². The lowest BCUT2D eigenvalue weighted by Crippen LogP contribution is -2.16. The van der Waals surface area contributed by atoms with Crippen LogP contribution in [0.3, 0.4) is 0 Å². The molecule has 0 aliphatic rings. The Morgan fingerprint density at radius 1 is 1.28 bits per heavy atom. The molecule has 1 aromatic heterocycles. The molecule has 5 heteroatoms. The fourth-order valence-corrected chi connectivity index (χ4v) is 1.75. The van der Waals surface area contributed by atoms with Gasteiger partial charge in [-0.1, -0.05) is 28.1 Å². The normalized spacial score (nSPS) is 10.1. The Balaban J connectivity index is 2.01. The zero-order chi connectivity index (χ0) is 13.0. The topological polar surface area (TPSA) is 68.0 Å². The summed E-state index contributed by atoms with van der Waals surface area (Å²) in [5.41, 5.74) is 7.09. The van der Waals surface area contributed by atoms with E-state index in [2.05, 4.69) is 26.2 Å². The van der Waals surface area contributed by atoms with E-state index < -0.39 is 0 Å². The Morgan fingerprint density at radius 3 is 2.67 bits per heavy atom. The van der Waals surface area contributed by atoms with Crippen LogP contribution in [0, 0.1) is 0 Å². The molecule has 1 amide bonds. The van der Waals surface area contributed by atoms with E-state index in [4.69, 9.17) is 5.73 Å². The van der Waals surface area contributed by atoms with E-state index in [0.29, 0.717) is 17.9 Å². The largest absolute Gasteiger partial charge is 0.396 e. The van der Waals surface area contributed by atoms with E-state index in [1.807, 2.05) is 24.3 Å². The van der Waals surface area contributed by atoms with Crippen molar-refractivity contribution in [2.75, 3.05) is 11.1 Å². The number of halogens is 1. The van der Waals surface area contributed by atoms with Crippen molar-refractivity contribution in [3.63, 3.8) is 0 Å². The van der Waals surface area contributed by atoms with Gasteiger partial charge in [0, 0.05) is 10.7 Å². The van der Waals surface area contributed by atoms with Crippen LogP contribution in [0.15, 0.2) is 47.1 Å². The zero-order valence-corrected chi connectivity index (χ0v) is 11.1. The number of pyridine rings is 1. The van der Waals surface area contributed by atoms with Crippen LogP contribution in [0.2, 0.25) is 0 Å². The molecule has 1 aromatic carbocycles. The van der Waals surface area contributed by atoms with Crippen molar-refractivity contribution in [1.82, 2.24) is 4.98 Å². The Hall–Kier alpha value is -1.88. The van der Waals surface area contributed by atoms with Gasteiger partial charge in [0.05, 0.1) is 12.1 Å². The van der Waals surface area contributed by atoms with Crippen molar-refractivity contribution in [1.29, 1.82) is 0 Å². The molecule has 0 aliphatic carbocycles. The van der Waals surface area contributed by atoms with Gasteiger partial charge in [0.25, 0.3) is 0 Å². The summed E-state index contributed by atoms with van der Waals surface area (Å²) in [5, 5.41) is 2.69. The van der Waals surface area contributed by atoms with E-state index >= 15 is 0 Å². The Morgan fingerprint density at radius 2 is 2.00 bits per heavy atom. The summed E-state index contributed by atoms with van der Waals surface area (Å²) < 4.78 is 0.987. The Kier molecular flexibility index (Phi) is 3.94. The number of rotatable bonds is 3. The highest BCUT2D eigenvalue weighted by atomic mass is 79.9. The van der Waals surface area contributed by atoms with Crippen molar-refractivity contribution >= 4 is 33.3 Å². The van der Waals surface area contributed by atoms with Crippen LogP contribution in [-0.4, -0.2) is 10.9 Å². The number of aromatic nitrogens is 1. The second kappa shape index (κ2) is 5.64. The number of amides is 1. The summed E-state index contributed by atoms with van der Waals surface area (Å²) in [6.45, 7) is 0. The molecule has 0 atom stereocenters. The summed E-state index contributed by atoms with van der Waals surface area (Å²) in [7, 11) is 0. The Bertz CT molecular complexity index is 554. The molecule has 0 saturated carbocycles. The smallest absolute Gasteiger partial charge is 0.230 e. The molecular formula is C13H12BrN3O. The summed E-state index contributed by atoms with van der Waals surface area (Å²) in [6, 6.07) is 11.0. The molecule has 2 aromatic rings. The summed E-state index contributed by atoms with van der Waals surface area (Å²) in [4.78, 5) is 15.8. The number of hydrogen-bond donors (Lipinski definition) is 2. The molecule has 0 saturated heterocycles. The first-order chi connectivity index (χ1) is 8.65. The quantitative estimate of drug-likeness (QED) is 0.916. The van der Waals surface area contributed by atoms with Gasteiger partial charge in [0.1, 0.15) is 0 Å². The summed E-state index contributed by atoms with van der Waals surface area (Å²) in [5.74, 6) is 0.266. The first-order valence-corrected chi connectivity index (χ1v) is 6.19. The molecule has 92 valence electrons. The van der Waals surface area contributed by atoms with Crippen molar-refractivity contribution in [3.05, 3.63) is 52.6 Å². The van der Waals surface area contributed by atoms with E-state index in [0.717, 1.165) is 10.0 Å². The molecule has 1 heterocycles. The third kappa shape index (κ3) is 3.30. The third-order valence-electron chi connectivity index (χ3n) is 2.37. The molecule has 0 spiro atoms. The fraction of sp³-hybridized carbons (Fsp3) is 0.0769. The van der Waals surface area contributed by atoms with Crippen LogP contribution in [0.4, 0.5) is 11.5 Å². The van der Waals surface area contributed by atoms with Gasteiger partial charge in [-0.25, -0.2) is 4.98 Å². The molecule has 0 radical (unpaired) electrons. The number of nitrogens with two attached hydrogens (primary N) is 1. The first kappa shape index (κ1) is 12.6. The molecule has 18 heavy (non-hydrogen) atoms. The minimum Gasteiger partial charge on any atom is -0.396 e. The zero-order valence-electron chi connectivity index (χ0n) is 9.56. The van der Waals surface area contributed by atoms with Gasteiger partial charge < -0.3 is 11.1 Å². The highest BCUT2D eigenvalue weighted by Crippen LogP contribution is 2.14. The average molecular weight is 306 g/mol. The number of nitrogen functional groups attached to an aromatic ring is 1. The number of carbonyl (C=O) groups excluding carboxylic acids is 1. The second-order valence-electron chi connectivity index (χ2n) is 3.79. The van der Waals surface area contributed by atoms with Gasteiger partial charge in [0.15, 0.2) is 5.82 Å². The minimum atomic E-state index is -0.136. The van der Waals surface area contributed by atoms with Crippen LogP contribution in [0.25, 0.3) is 0 Å². The lowest BCUT2D eigenvalue weighted by Gasteiger charge is -2.06. The van der Waals surface area contributed by atoms with E-state index in [1.165, 1.54) is 0 Å². The van der Waals surface area contributed by atoms with Crippen molar-refractivity contribution in [3.8, 4) is 0 Å². The van der Waals surface area contributed by atoms with Crippen molar-refractivity contribution in [2.45, 2.75) is 6.42 Å². The number of nitrogens with one attached hydrogen (secondary N) is 1. The number of anilines is 2. The van der Waals surface area contributed by atoms with Crippen LogP contribution in [0.5, 0.6) is 0 Å². The summed E-state index contributed by atoms with van der Waals surface area (Å²) >= 11 is 3.35. The molecule has 2 rings (SSSR count). The molecule has 0 aliphatic heterocycles. The monoisotopic (exact) mass is 305 g/mol. The lowest BCUT2D eigenvalue weighted by atomic mass is 10.1. The number of nitrogens with zero attached hydrogens (tertiary/aromatic N) is 1. The molecular weight excluding hydrogens is 294 g/mol. The summed E-state index contributed by atoms with van der Waals surface area (Å²) in [6.07, 6.45) is 1.88. The van der Waals surface area contributed by atoms with Crippen LogP contribution in [-0.2, 0) is 11.2 Å². The number of carbonyl (C=O) groups is 1. The maximum atomic E-state index is 11.8. The van der Waals surface area contributed by atoms with Gasteiger partial charge >= 0.3 is 0 Å². The second-order valence-corrected chi connectivity index (χ2v) is 4.71. The molecule has 0 fully saturated rings. The molecule has 0 unspecified atom stereocenters. The fourth-order valence-electron chi connectivity index (χ4n) is 1.49. The van der Waals surface area contributed by atoms with Crippen LogP contribution < -0.4 is 11.1 Å². The van der Waals surface area contributed by atoms with Gasteiger partial charge in [-0.2, -0.15) is 0 Å². The number of hydrogen-bond acceptors (Lipinski definition) is 3. The molecule has 4 nitrogen and oxygen atoms in total. The van der Waals surface area contributed by atoms with E-state index in [-0.39, 0.29) is 5.91 Å². The molecule has 0 bridgehead atoms. The van der Waals surface area contributed by atoms with Crippen molar-refractivity contribution in [2.24, 2.45) is 0 Å². The highest BCUT2D eigenvalue weighted by molar-refractivity contribution is 9.10. The molecule has 3 N–H and O–H groups in total. The highest BCUT2D eigenvalue weighted by Gasteiger charge is 2.06. The number of benzene rings is 1. The maximum Gasteiger partial charge on any atom is 0.230 e. The van der Waals surface area contributed by atoms with Gasteiger partial charge in [-0.05, 0) is 29.8 Å². The van der Waals surface area contributed by atoms with Crippen LogP contribution >= 0.6 is 15.9 Å². The predicted molar refractivity (Wildman–Crippen MR) is 75.1 cm³/mol. The minimum absolute atomic E-state index is 0.136. The van der Waals surface area contributed by atoms with Gasteiger partial charge in [-0.15, -0.1) is 0 Å². The first-order valence-electron chi connectivity index (χ1n) is 5.40. The van der Waals surface area contributed by atoms with Crippen LogP contribution in [0.1, 0.15) is 5.56 Å². The van der Waals surface area contributed by atoms with Gasteiger partial charge in [-0.3, -0.25) is 4.79 Å². The van der Waals surface area contributed by atoms with Crippen molar-refractivity contribution < 1.29 is 4.79 Å². The third-order valence-corrected chi connectivity index (χ3v) is 2.90. The van der Waals surface area contributed by atoms with E-state index in [1.54, 1.807) is 18.3 Å². The Labute approximate surface area is 113 Å². The lowest BCUT2D eigenvalue weighted by molar-refractivity contribution is -0.115. The predicted octanol–water partition coefficient (Wildman–Crippen LogP) is 2.61. The maximum absolute atomic E-state index is 11.8. The standard InChI is InChI=1S/C13H12BrN3O/c14-10-5-3-9(4-6-10)8-12(18)17-13-11(15)2-1-7-16-13/h1-7H,8,15H2,(H,16,17,18).